The maximum absolute atomic E-state index is 12.6. The fourth-order valence-corrected chi connectivity index (χ4v) is 4.00. The molecule has 1 atom stereocenters. The van der Waals surface area contributed by atoms with Gasteiger partial charge in [-0.15, -0.1) is 0 Å². The van der Waals surface area contributed by atoms with Crippen LogP contribution in [-0.4, -0.2) is 9.19 Å². The van der Waals surface area contributed by atoms with Crippen LogP contribution in [-0.2, 0) is 16.6 Å². The minimum atomic E-state index is -1.20. The van der Waals surface area contributed by atoms with Gasteiger partial charge in [0.25, 0.3) is 0 Å². The summed E-state index contributed by atoms with van der Waals surface area (Å²) in [5.74, 6) is 0.420. The first-order valence-electron chi connectivity index (χ1n) is 6.41. The van der Waals surface area contributed by atoms with Crippen molar-refractivity contribution in [2.45, 2.75) is 10.6 Å². The van der Waals surface area contributed by atoms with Gasteiger partial charge in [0.2, 0.25) is 0 Å². The predicted octanol–water partition coefficient (Wildman–Crippen LogP) is 3.89. The summed E-state index contributed by atoms with van der Waals surface area (Å²) in [5, 5.41) is 1.03. The van der Waals surface area contributed by atoms with E-state index in [9.17, 15) is 4.21 Å². The minimum absolute atomic E-state index is 0.420. The molecule has 1 aromatic heterocycles. The molecule has 1 unspecified atom stereocenters. The van der Waals surface area contributed by atoms with Gasteiger partial charge >= 0.3 is 0 Å². The maximum Gasteiger partial charge on any atom is 0.0705 e. The molecule has 0 saturated heterocycles. The van der Waals surface area contributed by atoms with Crippen LogP contribution in [0.2, 0.25) is 0 Å². The van der Waals surface area contributed by atoms with Crippen molar-refractivity contribution in [1.82, 2.24) is 4.98 Å². The van der Waals surface area contributed by atoms with Crippen molar-refractivity contribution in [3.8, 4) is 0 Å². The van der Waals surface area contributed by atoms with Gasteiger partial charge in [0, 0.05) is 21.7 Å². The lowest BCUT2D eigenvalue weighted by Crippen LogP contribution is -2.01. The topological polar surface area (TPSA) is 56.0 Å². The van der Waals surface area contributed by atoms with E-state index in [4.69, 9.17) is 5.73 Å². The number of para-hydroxylation sites is 1. The van der Waals surface area contributed by atoms with Gasteiger partial charge in [0.1, 0.15) is 0 Å². The zero-order valence-electron chi connectivity index (χ0n) is 11.1. The molecule has 2 N–H and O–H groups in total. The predicted molar refractivity (Wildman–Crippen MR) is 90.4 cm³/mol. The number of halogens is 1. The van der Waals surface area contributed by atoms with Crippen LogP contribution in [0.25, 0.3) is 10.9 Å². The van der Waals surface area contributed by atoms with Crippen LogP contribution < -0.4 is 5.73 Å². The number of hydrogen-bond donors (Lipinski definition) is 1. The molecule has 0 fully saturated rings. The number of rotatable bonds is 3. The van der Waals surface area contributed by atoms with Crippen LogP contribution in [0, 0.1) is 0 Å². The summed E-state index contributed by atoms with van der Waals surface area (Å²) in [6.45, 7) is 0. The van der Waals surface area contributed by atoms with Crippen LogP contribution in [0.5, 0.6) is 0 Å². The summed E-state index contributed by atoms with van der Waals surface area (Å²) >= 11 is 3.39. The van der Waals surface area contributed by atoms with Gasteiger partial charge in [0.05, 0.1) is 27.0 Å². The van der Waals surface area contributed by atoms with Gasteiger partial charge in [0.15, 0.2) is 0 Å². The molecule has 0 amide bonds. The zero-order valence-corrected chi connectivity index (χ0v) is 13.5. The second-order valence-corrected chi connectivity index (χ2v) is 6.99. The minimum Gasteiger partial charge on any atom is -0.398 e. The average molecular weight is 361 g/mol. The van der Waals surface area contributed by atoms with Crippen molar-refractivity contribution >= 4 is 43.3 Å². The molecule has 3 aromatic rings. The third-order valence-electron chi connectivity index (χ3n) is 3.25. The molecule has 106 valence electrons. The summed E-state index contributed by atoms with van der Waals surface area (Å²) in [6.07, 6.45) is 1.75. The van der Waals surface area contributed by atoms with E-state index >= 15 is 0 Å². The first kappa shape index (κ1) is 14.2. The van der Waals surface area contributed by atoms with E-state index in [0.29, 0.717) is 16.3 Å². The monoisotopic (exact) mass is 360 g/mol. The van der Waals surface area contributed by atoms with Gasteiger partial charge in [-0.25, -0.2) is 0 Å². The van der Waals surface area contributed by atoms with E-state index in [1.165, 1.54) is 0 Å². The first-order valence-corrected chi connectivity index (χ1v) is 8.52. The highest BCUT2D eigenvalue weighted by molar-refractivity contribution is 9.10. The van der Waals surface area contributed by atoms with Gasteiger partial charge in [-0.2, -0.15) is 0 Å². The van der Waals surface area contributed by atoms with Crippen LogP contribution in [0.15, 0.2) is 64.1 Å². The second-order valence-electron chi connectivity index (χ2n) is 4.66. The number of nitrogens with two attached hydrogens (primary N) is 1. The van der Waals surface area contributed by atoms with Crippen molar-refractivity contribution < 1.29 is 4.21 Å². The maximum atomic E-state index is 12.6. The number of pyridine rings is 1. The molecule has 0 bridgehead atoms. The highest BCUT2D eigenvalue weighted by Crippen LogP contribution is 2.25. The quantitative estimate of drug-likeness (QED) is 0.720. The van der Waals surface area contributed by atoms with E-state index in [2.05, 4.69) is 20.9 Å². The Morgan fingerprint density at radius 2 is 1.95 bits per heavy atom. The molecule has 21 heavy (non-hydrogen) atoms. The molecule has 2 aromatic carbocycles. The zero-order chi connectivity index (χ0) is 14.8. The molecule has 3 nitrogen and oxygen atoms in total. The Labute approximate surface area is 133 Å². The fourth-order valence-electron chi connectivity index (χ4n) is 2.21. The van der Waals surface area contributed by atoms with Crippen LogP contribution in [0.1, 0.15) is 5.56 Å². The molecule has 0 spiro atoms. The Hall–Kier alpha value is -1.72. The van der Waals surface area contributed by atoms with Crippen LogP contribution >= 0.6 is 15.9 Å². The van der Waals surface area contributed by atoms with E-state index in [0.717, 1.165) is 20.9 Å². The SMILES string of the molecule is Nc1ccc(Br)cc1S(=O)Cc1ccnc2ccccc12. The highest BCUT2D eigenvalue weighted by Gasteiger charge is 2.11. The molecule has 0 aliphatic carbocycles. The molecule has 0 radical (unpaired) electrons. The van der Waals surface area contributed by atoms with E-state index in [1.807, 2.05) is 42.5 Å². The van der Waals surface area contributed by atoms with Crippen LogP contribution in [0.3, 0.4) is 0 Å². The lowest BCUT2D eigenvalue weighted by molar-refractivity contribution is 0.683. The van der Waals surface area contributed by atoms with Crippen molar-refractivity contribution in [2.24, 2.45) is 0 Å². The molecule has 3 rings (SSSR count). The number of hydrogen-bond acceptors (Lipinski definition) is 3. The number of nitrogen functional groups attached to an aromatic ring is 1. The van der Waals surface area contributed by atoms with Gasteiger partial charge in [-0.3, -0.25) is 9.19 Å². The number of aromatic nitrogens is 1. The van der Waals surface area contributed by atoms with Crippen molar-refractivity contribution in [2.75, 3.05) is 5.73 Å². The number of anilines is 1. The summed E-state index contributed by atoms with van der Waals surface area (Å²) in [4.78, 5) is 4.98. The summed E-state index contributed by atoms with van der Waals surface area (Å²) < 4.78 is 13.5. The molecule has 0 aliphatic heterocycles. The van der Waals surface area contributed by atoms with E-state index in [1.54, 1.807) is 12.3 Å². The Balaban J connectivity index is 1.99. The van der Waals surface area contributed by atoms with Crippen molar-refractivity contribution in [3.05, 3.63) is 64.8 Å². The van der Waals surface area contributed by atoms with Gasteiger partial charge < -0.3 is 5.73 Å². The Kier molecular flexibility index (Phi) is 4.03. The summed E-state index contributed by atoms with van der Waals surface area (Å²) in [6, 6.07) is 15.2. The second kappa shape index (κ2) is 5.95. The molecular weight excluding hydrogens is 348 g/mol. The third-order valence-corrected chi connectivity index (χ3v) is 5.16. The Morgan fingerprint density at radius 1 is 1.14 bits per heavy atom. The molecule has 1 heterocycles. The van der Waals surface area contributed by atoms with Gasteiger partial charge in [-0.05, 0) is 35.9 Å². The molecule has 5 heteroatoms. The normalized spacial score (nSPS) is 12.4. The molecular formula is C16H13BrN2OS. The van der Waals surface area contributed by atoms with E-state index in [-0.39, 0.29) is 0 Å². The summed E-state index contributed by atoms with van der Waals surface area (Å²) in [5.41, 5.74) is 8.40. The average Bonchev–Trinajstić information content (AvgIpc) is 2.50. The highest BCUT2D eigenvalue weighted by atomic mass is 79.9. The summed E-state index contributed by atoms with van der Waals surface area (Å²) in [7, 11) is -1.20. The van der Waals surface area contributed by atoms with Crippen molar-refractivity contribution in [3.63, 3.8) is 0 Å². The smallest absolute Gasteiger partial charge is 0.0705 e. The first-order chi connectivity index (χ1) is 10.1. The number of fused-ring (bicyclic) bond motifs is 1. The van der Waals surface area contributed by atoms with E-state index < -0.39 is 10.8 Å². The van der Waals surface area contributed by atoms with Gasteiger partial charge in [-0.1, -0.05) is 34.1 Å². The number of nitrogens with zero attached hydrogens (tertiary/aromatic N) is 1. The third kappa shape index (κ3) is 2.99. The van der Waals surface area contributed by atoms with Crippen LogP contribution in [0.4, 0.5) is 5.69 Å². The molecule has 0 saturated carbocycles. The number of benzene rings is 2. The standard InChI is InChI=1S/C16H13BrN2OS/c17-12-5-6-14(18)16(9-12)21(20)10-11-7-8-19-15-4-2-1-3-13(11)15/h1-9H,10,18H2. The lowest BCUT2D eigenvalue weighted by Gasteiger charge is -2.08. The lowest BCUT2D eigenvalue weighted by atomic mass is 10.1. The van der Waals surface area contributed by atoms with Crippen molar-refractivity contribution in [1.29, 1.82) is 0 Å². The largest absolute Gasteiger partial charge is 0.398 e. The Bertz CT molecular complexity index is 830. The fraction of sp³-hybridized carbons (Fsp3) is 0.0625. The molecule has 0 aliphatic rings. The Morgan fingerprint density at radius 3 is 2.81 bits per heavy atom.